The van der Waals surface area contributed by atoms with E-state index in [0.717, 1.165) is 32.2 Å². The SMILES string of the molecule is CCNC(=NCC(=O)N(C)C)NC1CC2CCC(C1)N2C(=O)OC(C)(C)C.I. The summed E-state index contributed by atoms with van der Waals surface area (Å²) in [4.78, 5) is 32.2. The summed E-state index contributed by atoms with van der Waals surface area (Å²) in [6.45, 7) is 8.54. The zero-order chi connectivity index (χ0) is 20.2. The van der Waals surface area contributed by atoms with Gasteiger partial charge in [0.15, 0.2) is 5.96 Å². The molecule has 2 N–H and O–H groups in total. The number of amides is 2. The van der Waals surface area contributed by atoms with Gasteiger partial charge in [0.25, 0.3) is 0 Å². The second kappa shape index (κ2) is 10.5. The zero-order valence-corrected chi connectivity index (χ0v) is 20.3. The Hall–Kier alpha value is -1.26. The van der Waals surface area contributed by atoms with Crippen LogP contribution in [0.3, 0.4) is 0 Å². The van der Waals surface area contributed by atoms with Gasteiger partial charge in [0.05, 0.1) is 0 Å². The number of piperidine rings is 1. The number of carbonyl (C=O) groups excluding carboxylic acids is 2. The maximum absolute atomic E-state index is 12.6. The van der Waals surface area contributed by atoms with Gasteiger partial charge in [0, 0.05) is 38.8 Å². The molecule has 2 amide bonds. The lowest BCUT2D eigenvalue weighted by Crippen LogP contribution is -2.55. The van der Waals surface area contributed by atoms with E-state index in [9.17, 15) is 9.59 Å². The summed E-state index contributed by atoms with van der Waals surface area (Å²) in [5, 5.41) is 6.65. The number of halogens is 1. The topological polar surface area (TPSA) is 86.3 Å². The van der Waals surface area contributed by atoms with Crippen LogP contribution >= 0.6 is 24.0 Å². The first-order valence-corrected chi connectivity index (χ1v) is 9.87. The lowest BCUT2D eigenvalue weighted by molar-refractivity contribution is -0.127. The number of fused-ring (bicyclic) bond motifs is 2. The molecule has 0 aromatic rings. The van der Waals surface area contributed by atoms with Crippen molar-refractivity contribution in [3.8, 4) is 0 Å². The van der Waals surface area contributed by atoms with Gasteiger partial charge < -0.3 is 25.2 Å². The Morgan fingerprint density at radius 1 is 1.18 bits per heavy atom. The third-order valence-corrected chi connectivity index (χ3v) is 4.89. The highest BCUT2D eigenvalue weighted by molar-refractivity contribution is 14.0. The molecule has 2 bridgehead atoms. The van der Waals surface area contributed by atoms with Crippen molar-refractivity contribution in [2.24, 2.45) is 4.99 Å². The molecular formula is C19H36IN5O3. The first-order valence-electron chi connectivity index (χ1n) is 9.87. The van der Waals surface area contributed by atoms with Gasteiger partial charge in [-0.2, -0.15) is 0 Å². The van der Waals surface area contributed by atoms with Gasteiger partial charge in [-0.1, -0.05) is 0 Å². The number of nitrogens with one attached hydrogen (secondary N) is 2. The summed E-state index contributed by atoms with van der Waals surface area (Å²) in [6, 6.07) is 0.623. The Labute approximate surface area is 185 Å². The van der Waals surface area contributed by atoms with E-state index in [1.54, 1.807) is 14.1 Å². The number of ether oxygens (including phenoxy) is 1. The number of hydrogen-bond acceptors (Lipinski definition) is 4. The summed E-state index contributed by atoms with van der Waals surface area (Å²) in [7, 11) is 3.45. The minimum Gasteiger partial charge on any atom is -0.444 e. The smallest absolute Gasteiger partial charge is 0.410 e. The summed E-state index contributed by atoms with van der Waals surface area (Å²) in [5.41, 5.74) is -0.477. The predicted octanol–water partition coefficient (Wildman–Crippen LogP) is 2.18. The molecule has 0 aliphatic carbocycles. The van der Waals surface area contributed by atoms with Crippen molar-refractivity contribution in [2.45, 2.75) is 77.1 Å². The molecule has 2 rings (SSSR count). The number of hydrogen-bond donors (Lipinski definition) is 2. The monoisotopic (exact) mass is 509 g/mol. The molecule has 2 atom stereocenters. The average molecular weight is 509 g/mol. The molecule has 2 aliphatic rings. The highest BCUT2D eigenvalue weighted by Crippen LogP contribution is 2.36. The number of carbonyl (C=O) groups is 2. The molecule has 2 saturated heterocycles. The molecular weight excluding hydrogens is 473 g/mol. The molecule has 0 spiro atoms. The molecule has 0 radical (unpaired) electrons. The van der Waals surface area contributed by atoms with Gasteiger partial charge in [0.1, 0.15) is 12.1 Å². The van der Waals surface area contributed by atoms with E-state index in [4.69, 9.17) is 4.74 Å². The third-order valence-electron chi connectivity index (χ3n) is 4.89. The van der Waals surface area contributed by atoms with Crippen molar-refractivity contribution in [1.82, 2.24) is 20.4 Å². The molecule has 0 aromatic carbocycles. The van der Waals surface area contributed by atoms with Crippen LogP contribution < -0.4 is 10.6 Å². The van der Waals surface area contributed by atoms with Gasteiger partial charge in [-0.15, -0.1) is 24.0 Å². The number of likely N-dealkylation sites (N-methyl/N-ethyl adjacent to an activating group) is 1. The third kappa shape index (κ3) is 6.97. The van der Waals surface area contributed by atoms with Crippen LogP contribution in [0.15, 0.2) is 4.99 Å². The fourth-order valence-electron chi connectivity index (χ4n) is 3.71. The fourth-order valence-corrected chi connectivity index (χ4v) is 3.71. The number of nitrogens with zero attached hydrogens (tertiary/aromatic N) is 3. The van der Waals surface area contributed by atoms with E-state index in [1.165, 1.54) is 4.90 Å². The highest BCUT2D eigenvalue weighted by Gasteiger charge is 2.45. The Balaban J connectivity index is 0.00000392. The van der Waals surface area contributed by atoms with Crippen molar-refractivity contribution in [3.63, 3.8) is 0 Å². The molecule has 2 aliphatic heterocycles. The van der Waals surface area contributed by atoms with Crippen molar-refractivity contribution >= 4 is 41.9 Å². The van der Waals surface area contributed by atoms with Crippen molar-refractivity contribution < 1.29 is 14.3 Å². The largest absolute Gasteiger partial charge is 0.444 e. The maximum atomic E-state index is 12.6. The molecule has 0 saturated carbocycles. The van der Waals surface area contributed by atoms with E-state index in [1.807, 2.05) is 32.6 Å². The molecule has 8 nitrogen and oxygen atoms in total. The van der Waals surface area contributed by atoms with Gasteiger partial charge in [-0.25, -0.2) is 9.79 Å². The Bertz CT molecular complexity index is 562. The van der Waals surface area contributed by atoms with Crippen LogP contribution in [0.5, 0.6) is 0 Å². The number of aliphatic imine (C=N–C) groups is 1. The average Bonchev–Trinajstić information content (AvgIpc) is 2.82. The van der Waals surface area contributed by atoms with Gasteiger partial charge in [-0.05, 0) is 53.4 Å². The van der Waals surface area contributed by atoms with E-state index in [-0.39, 0.29) is 60.6 Å². The second-order valence-corrected chi connectivity index (χ2v) is 8.57. The maximum Gasteiger partial charge on any atom is 0.410 e. The normalized spacial score (nSPS) is 24.3. The van der Waals surface area contributed by atoms with Gasteiger partial charge in [-0.3, -0.25) is 4.79 Å². The van der Waals surface area contributed by atoms with Gasteiger partial charge in [0.2, 0.25) is 5.91 Å². The zero-order valence-electron chi connectivity index (χ0n) is 17.9. The molecule has 2 fully saturated rings. The first-order chi connectivity index (χ1) is 12.6. The number of guanidine groups is 1. The van der Waals surface area contributed by atoms with E-state index < -0.39 is 5.60 Å². The van der Waals surface area contributed by atoms with E-state index >= 15 is 0 Å². The van der Waals surface area contributed by atoms with Crippen molar-refractivity contribution in [2.75, 3.05) is 27.2 Å². The van der Waals surface area contributed by atoms with Crippen LogP contribution in [-0.4, -0.2) is 78.7 Å². The van der Waals surface area contributed by atoms with Gasteiger partial charge >= 0.3 is 6.09 Å². The molecule has 2 heterocycles. The van der Waals surface area contributed by atoms with Crippen LogP contribution in [0.2, 0.25) is 0 Å². The Morgan fingerprint density at radius 3 is 2.21 bits per heavy atom. The predicted molar refractivity (Wildman–Crippen MR) is 121 cm³/mol. The van der Waals surface area contributed by atoms with E-state index in [2.05, 4.69) is 15.6 Å². The quantitative estimate of drug-likeness (QED) is 0.345. The van der Waals surface area contributed by atoms with Crippen LogP contribution in [0.4, 0.5) is 4.79 Å². The molecule has 2 unspecified atom stereocenters. The minimum absolute atomic E-state index is 0. The lowest BCUT2D eigenvalue weighted by Gasteiger charge is -2.40. The van der Waals surface area contributed by atoms with Crippen LogP contribution in [0, 0.1) is 0 Å². The lowest BCUT2D eigenvalue weighted by atomic mass is 9.98. The first kappa shape index (κ1) is 24.8. The fraction of sp³-hybridized carbons (Fsp3) is 0.842. The molecule has 9 heteroatoms. The van der Waals surface area contributed by atoms with Crippen LogP contribution in [0.1, 0.15) is 53.4 Å². The Morgan fingerprint density at radius 2 is 1.75 bits per heavy atom. The van der Waals surface area contributed by atoms with Crippen LogP contribution in [0.25, 0.3) is 0 Å². The summed E-state index contributed by atoms with van der Waals surface area (Å²) in [5.74, 6) is 0.620. The molecule has 28 heavy (non-hydrogen) atoms. The minimum atomic E-state index is -0.477. The molecule has 0 aromatic heterocycles. The Kier molecular flexibility index (Phi) is 9.29. The summed E-state index contributed by atoms with van der Waals surface area (Å²) >= 11 is 0. The highest BCUT2D eigenvalue weighted by atomic mass is 127. The standard InChI is InChI=1S/C19H35N5O3.HI/c1-7-20-17(21-12-16(25)23(5)6)22-13-10-14-8-9-15(11-13)24(14)18(26)27-19(2,3)4;/h13-15H,7-12H2,1-6H3,(H2,20,21,22);1H. The second-order valence-electron chi connectivity index (χ2n) is 8.57. The van der Waals surface area contributed by atoms with Crippen LogP contribution in [-0.2, 0) is 9.53 Å². The molecule has 162 valence electrons. The number of rotatable bonds is 4. The summed E-state index contributed by atoms with van der Waals surface area (Å²) < 4.78 is 5.59. The van der Waals surface area contributed by atoms with E-state index in [0.29, 0.717) is 5.96 Å². The van der Waals surface area contributed by atoms with Crippen molar-refractivity contribution in [3.05, 3.63) is 0 Å². The summed E-state index contributed by atoms with van der Waals surface area (Å²) in [6.07, 6.45) is 3.54. The van der Waals surface area contributed by atoms with Crippen molar-refractivity contribution in [1.29, 1.82) is 0 Å².